The third kappa shape index (κ3) is 6.17. The molecule has 14 heteroatoms. The number of rotatable bonds is 8. The summed E-state index contributed by atoms with van der Waals surface area (Å²) in [5.74, 6) is -0.730. The van der Waals surface area contributed by atoms with Crippen molar-refractivity contribution < 1.29 is 27.1 Å². The van der Waals surface area contributed by atoms with Crippen LogP contribution in [0.2, 0.25) is 0 Å². The Kier molecular flexibility index (Phi) is 7.74. The molecule has 0 spiro atoms. The van der Waals surface area contributed by atoms with E-state index in [9.17, 15) is 36.6 Å². The fraction of sp³-hybridized carbons (Fsp3) is 0.346. The summed E-state index contributed by atoms with van der Waals surface area (Å²) in [6, 6.07) is 3.03. The minimum absolute atomic E-state index is 0.0142. The smallest absolute Gasteiger partial charge is 0.386 e. The molecule has 9 nitrogen and oxygen atoms in total. The van der Waals surface area contributed by atoms with E-state index >= 15 is 0 Å². The molecule has 0 fully saturated rings. The number of benzene rings is 1. The van der Waals surface area contributed by atoms with Crippen molar-refractivity contribution in [2.24, 2.45) is 0 Å². The number of hydrogen-bond donors (Lipinski definition) is 3. The van der Waals surface area contributed by atoms with E-state index in [1.54, 1.807) is 18.9 Å². The van der Waals surface area contributed by atoms with E-state index in [2.05, 4.69) is 20.4 Å². The zero-order valence-corrected chi connectivity index (χ0v) is 21.6. The Morgan fingerprint density at radius 2 is 1.80 bits per heavy atom. The first-order valence-electron chi connectivity index (χ1n) is 12.1. The molecular formula is C26H25F5N6O3. The number of nitrogens with one attached hydrogen (secondary N) is 2. The largest absolute Gasteiger partial charge is 0.423 e. The molecule has 0 saturated carbocycles. The summed E-state index contributed by atoms with van der Waals surface area (Å²) in [5, 5.41) is 17.9. The Balaban J connectivity index is 1.51. The second-order valence-corrected chi connectivity index (χ2v) is 9.91. The molecule has 1 aromatic carbocycles. The predicted octanol–water partition coefficient (Wildman–Crippen LogP) is 4.16. The van der Waals surface area contributed by atoms with Crippen LogP contribution in [0.4, 0.5) is 27.6 Å². The van der Waals surface area contributed by atoms with Crippen LogP contribution in [0.1, 0.15) is 38.3 Å². The molecular weight excluding hydrogens is 539 g/mol. The first kappa shape index (κ1) is 28.8. The van der Waals surface area contributed by atoms with E-state index < -0.39 is 58.7 Å². The molecule has 4 rings (SSSR count). The van der Waals surface area contributed by atoms with Gasteiger partial charge < -0.3 is 15.0 Å². The highest BCUT2D eigenvalue weighted by atomic mass is 19.4. The van der Waals surface area contributed by atoms with Crippen LogP contribution in [-0.4, -0.2) is 42.1 Å². The summed E-state index contributed by atoms with van der Waals surface area (Å²) < 4.78 is 70.7. The lowest BCUT2D eigenvalue weighted by Crippen LogP contribution is -2.30. The predicted molar refractivity (Wildman–Crippen MR) is 137 cm³/mol. The SMILES string of the molecule is C[C@@H](C[C@H](F)Cn1ccc2cc(-c3ncc(C(C)(C)O)cn3)c(F)cc2c1=O)Nc1cn[nH]c(=O)c1C(F)(F)F. The molecule has 0 bridgehead atoms. The number of halogens is 5. The van der Waals surface area contributed by atoms with Gasteiger partial charge in [0.05, 0.1) is 35.0 Å². The van der Waals surface area contributed by atoms with Crippen LogP contribution in [0.3, 0.4) is 0 Å². The van der Waals surface area contributed by atoms with Crippen LogP contribution < -0.4 is 16.4 Å². The second-order valence-electron chi connectivity index (χ2n) is 9.91. The van der Waals surface area contributed by atoms with Crippen LogP contribution in [0.25, 0.3) is 22.2 Å². The average Bonchev–Trinajstić information content (AvgIpc) is 2.84. The summed E-state index contributed by atoms with van der Waals surface area (Å²) in [5.41, 5.74) is -4.89. The number of aliphatic hydroxyl groups is 1. The zero-order chi connectivity index (χ0) is 29.4. The van der Waals surface area contributed by atoms with E-state index in [1.165, 1.54) is 37.6 Å². The van der Waals surface area contributed by atoms with Crippen molar-refractivity contribution in [2.45, 2.75) is 57.7 Å². The van der Waals surface area contributed by atoms with Crippen molar-refractivity contribution in [3.63, 3.8) is 0 Å². The third-order valence-electron chi connectivity index (χ3n) is 6.21. The van der Waals surface area contributed by atoms with Crippen molar-refractivity contribution in [3.8, 4) is 11.4 Å². The van der Waals surface area contributed by atoms with Gasteiger partial charge in [-0.25, -0.2) is 23.8 Å². The highest BCUT2D eigenvalue weighted by Crippen LogP contribution is 2.32. The van der Waals surface area contributed by atoms with Gasteiger partial charge in [0.1, 0.15) is 17.6 Å². The van der Waals surface area contributed by atoms with Gasteiger partial charge in [-0.3, -0.25) is 9.59 Å². The molecule has 0 saturated heterocycles. The van der Waals surface area contributed by atoms with Crippen molar-refractivity contribution in [1.82, 2.24) is 24.7 Å². The van der Waals surface area contributed by atoms with Crippen molar-refractivity contribution >= 4 is 16.5 Å². The van der Waals surface area contributed by atoms with E-state index in [-0.39, 0.29) is 23.2 Å². The van der Waals surface area contributed by atoms with Gasteiger partial charge in [0.15, 0.2) is 5.82 Å². The second kappa shape index (κ2) is 10.8. The molecule has 0 unspecified atom stereocenters. The van der Waals surface area contributed by atoms with Gasteiger partial charge in [0.2, 0.25) is 0 Å². The maximum absolute atomic E-state index is 15.0. The molecule has 0 aliphatic heterocycles. The van der Waals surface area contributed by atoms with E-state index in [1.807, 2.05) is 0 Å². The Morgan fingerprint density at radius 1 is 1.12 bits per heavy atom. The number of anilines is 1. The minimum Gasteiger partial charge on any atom is -0.386 e. The van der Waals surface area contributed by atoms with Crippen molar-refractivity contribution in [3.05, 3.63) is 80.6 Å². The molecule has 3 N–H and O–H groups in total. The number of hydrogen-bond acceptors (Lipinski definition) is 7. The Labute approximate surface area is 223 Å². The standard InChI is InChI=1S/C26H25F5N6O3/c1-13(35-20-11-34-36-23(38)21(20)26(29,30)31)6-16(27)12-37-5-4-14-7-18(19(28)8-17(14)24(37)39)22-32-9-15(10-33-22)25(2,3)40/h4-5,7-11,13,16,40H,6,12H2,1-3H3,(H2,35,36,38)/t13-,16-/m0/s1. The summed E-state index contributed by atoms with van der Waals surface area (Å²) in [4.78, 5) is 32.8. The number of aromatic nitrogens is 5. The highest BCUT2D eigenvalue weighted by molar-refractivity contribution is 5.86. The average molecular weight is 565 g/mol. The summed E-state index contributed by atoms with van der Waals surface area (Å²) >= 11 is 0. The Morgan fingerprint density at radius 3 is 2.42 bits per heavy atom. The summed E-state index contributed by atoms with van der Waals surface area (Å²) in [6.45, 7) is 4.09. The fourth-order valence-corrected chi connectivity index (χ4v) is 4.19. The van der Waals surface area contributed by atoms with Crippen molar-refractivity contribution in [1.29, 1.82) is 0 Å². The van der Waals surface area contributed by atoms with Crippen LogP contribution in [0, 0.1) is 5.82 Å². The van der Waals surface area contributed by atoms with Gasteiger partial charge in [-0.05, 0) is 44.4 Å². The highest BCUT2D eigenvalue weighted by Gasteiger charge is 2.37. The molecule has 2 atom stereocenters. The van der Waals surface area contributed by atoms with E-state index in [0.29, 0.717) is 10.9 Å². The topological polar surface area (TPSA) is 126 Å². The Hall–Kier alpha value is -4.20. The maximum atomic E-state index is 15.0. The molecule has 3 aromatic heterocycles. The number of alkyl halides is 4. The van der Waals surface area contributed by atoms with Gasteiger partial charge in [-0.2, -0.15) is 18.3 Å². The lowest BCUT2D eigenvalue weighted by molar-refractivity contribution is -0.138. The quantitative estimate of drug-likeness (QED) is 0.275. The van der Waals surface area contributed by atoms with Gasteiger partial charge >= 0.3 is 6.18 Å². The lowest BCUT2D eigenvalue weighted by Gasteiger charge is -2.20. The zero-order valence-electron chi connectivity index (χ0n) is 21.6. The van der Waals surface area contributed by atoms with Gasteiger partial charge in [0.25, 0.3) is 11.1 Å². The molecule has 0 aliphatic rings. The number of fused-ring (bicyclic) bond motifs is 1. The van der Waals surface area contributed by atoms with Gasteiger partial charge in [-0.1, -0.05) is 0 Å². The van der Waals surface area contributed by atoms with E-state index in [4.69, 9.17) is 0 Å². The Bertz CT molecular complexity index is 1640. The van der Waals surface area contributed by atoms with E-state index in [0.717, 1.165) is 16.8 Å². The van der Waals surface area contributed by atoms with Crippen LogP contribution >= 0.6 is 0 Å². The normalized spacial score (nSPS) is 13.8. The van der Waals surface area contributed by atoms with Crippen molar-refractivity contribution in [2.75, 3.05) is 5.32 Å². The third-order valence-corrected chi connectivity index (χ3v) is 6.21. The summed E-state index contributed by atoms with van der Waals surface area (Å²) in [6.07, 6.45) is -2.06. The molecule has 0 aliphatic carbocycles. The number of H-pyrrole nitrogens is 1. The van der Waals surface area contributed by atoms with Crippen LogP contribution in [0.15, 0.2) is 52.6 Å². The minimum atomic E-state index is -4.95. The number of nitrogens with zero attached hydrogens (tertiary/aromatic N) is 4. The maximum Gasteiger partial charge on any atom is 0.423 e. The molecule has 0 radical (unpaired) electrons. The van der Waals surface area contributed by atoms with Crippen LogP contribution in [-0.2, 0) is 18.3 Å². The molecule has 212 valence electrons. The molecule has 3 heterocycles. The fourth-order valence-electron chi connectivity index (χ4n) is 4.19. The summed E-state index contributed by atoms with van der Waals surface area (Å²) in [7, 11) is 0. The first-order valence-corrected chi connectivity index (χ1v) is 12.1. The number of aromatic amines is 1. The van der Waals surface area contributed by atoms with Gasteiger partial charge in [-0.15, -0.1) is 0 Å². The monoisotopic (exact) mass is 564 g/mol. The first-order chi connectivity index (χ1) is 18.6. The number of pyridine rings is 1. The molecule has 4 aromatic rings. The molecule has 40 heavy (non-hydrogen) atoms. The molecule has 0 amide bonds. The van der Waals surface area contributed by atoms with Gasteiger partial charge in [0, 0.05) is 36.6 Å². The van der Waals surface area contributed by atoms with Crippen LogP contribution in [0.5, 0.6) is 0 Å². The lowest BCUT2D eigenvalue weighted by atomic mass is 10.0.